The van der Waals surface area contributed by atoms with Gasteiger partial charge in [0.25, 0.3) is 0 Å². The molecule has 1 rings (SSSR count). The molecule has 1 heterocycles. The van der Waals surface area contributed by atoms with Crippen molar-refractivity contribution >= 4 is 0 Å². The standard InChI is InChI=1S/C27H54O7/c1-22(2)16-14-12-10-8-6-4-3-5-7-9-11-13-15-17-32-21-25(30)27(26(31)24(29)18-28)34-20-23-19-33-23/h22-31H,3-21H2,1-2H3/t23?,24-,25+,26-,27-/m1/s1. The molecular formula is C27H54O7. The second-order valence-corrected chi connectivity index (χ2v) is 10.4. The summed E-state index contributed by atoms with van der Waals surface area (Å²) < 4.78 is 16.2. The smallest absolute Gasteiger partial charge is 0.114 e. The number of hydrogen-bond donors (Lipinski definition) is 4. The average Bonchev–Trinajstić information content (AvgIpc) is 3.64. The van der Waals surface area contributed by atoms with Crippen LogP contribution in [0.2, 0.25) is 0 Å². The van der Waals surface area contributed by atoms with Crippen molar-refractivity contribution in [3.8, 4) is 0 Å². The zero-order chi connectivity index (χ0) is 25.0. The molecule has 0 aromatic rings. The zero-order valence-corrected chi connectivity index (χ0v) is 21.9. The Labute approximate surface area is 208 Å². The summed E-state index contributed by atoms with van der Waals surface area (Å²) in [5, 5.41) is 39.2. The predicted octanol–water partition coefficient (Wildman–Crippen LogP) is 3.98. The van der Waals surface area contributed by atoms with E-state index in [1.807, 2.05) is 0 Å². The second-order valence-electron chi connectivity index (χ2n) is 10.4. The molecule has 0 bridgehead atoms. The van der Waals surface area contributed by atoms with E-state index in [-0.39, 0.29) is 19.3 Å². The summed E-state index contributed by atoms with van der Waals surface area (Å²) in [6.45, 7) is 5.40. The quantitative estimate of drug-likeness (QED) is 0.113. The first-order valence-electron chi connectivity index (χ1n) is 13.9. The SMILES string of the molecule is CC(C)CCCCCCCCCCCCCCCOC[C@H](O)[C@@H](OCC1CO1)[C@H](O)[C@H](O)CO. The van der Waals surface area contributed by atoms with Gasteiger partial charge in [0.05, 0.1) is 26.4 Å². The van der Waals surface area contributed by atoms with Gasteiger partial charge in [-0.3, -0.25) is 0 Å². The second kappa shape index (κ2) is 20.9. The van der Waals surface area contributed by atoms with Crippen molar-refractivity contribution in [2.24, 2.45) is 5.92 Å². The fourth-order valence-corrected chi connectivity index (χ4v) is 4.15. The lowest BCUT2D eigenvalue weighted by molar-refractivity contribution is -0.154. The van der Waals surface area contributed by atoms with E-state index >= 15 is 0 Å². The minimum absolute atomic E-state index is 0.0170. The van der Waals surface area contributed by atoms with Gasteiger partial charge < -0.3 is 34.6 Å². The molecule has 204 valence electrons. The lowest BCUT2D eigenvalue weighted by atomic mass is 10.0. The van der Waals surface area contributed by atoms with Crippen molar-refractivity contribution in [1.82, 2.24) is 0 Å². The van der Waals surface area contributed by atoms with Gasteiger partial charge >= 0.3 is 0 Å². The van der Waals surface area contributed by atoms with Crippen LogP contribution in [0.3, 0.4) is 0 Å². The van der Waals surface area contributed by atoms with Crippen LogP contribution in [0.15, 0.2) is 0 Å². The highest BCUT2D eigenvalue weighted by molar-refractivity contribution is 4.83. The van der Waals surface area contributed by atoms with Crippen molar-refractivity contribution < 1.29 is 34.6 Å². The van der Waals surface area contributed by atoms with Crippen LogP contribution in [0.5, 0.6) is 0 Å². The van der Waals surface area contributed by atoms with Crippen LogP contribution < -0.4 is 0 Å². The Balaban J connectivity index is 1.92. The molecule has 1 aliphatic heterocycles. The Morgan fingerprint density at radius 3 is 1.74 bits per heavy atom. The van der Waals surface area contributed by atoms with Crippen LogP contribution in [0.1, 0.15) is 104 Å². The highest BCUT2D eigenvalue weighted by atomic mass is 16.6. The molecule has 0 aromatic heterocycles. The van der Waals surface area contributed by atoms with E-state index in [1.54, 1.807) is 0 Å². The van der Waals surface area contributed by atoms with Gasteiger partial charge in [0.2, 0.25) is 0 Å². The number of aliphatic hydroxyl groups is 4. The van der Waals surface area contributed by atoms with Gasteiger partial charge in [0, 0.05) is 6.61 Å². The van der Waals surface area contributed by atoms with Gasteiger partial charge in [0.1, 0.15) is 30.5 Å². The van der Waals surface area contributed by atoms with Crippen LogP contribution in [0, 0.1) is 5.92 Å². The van der Waals surface area contributed by atoms with Crippen molar-refractivity contribution in [3.63, 3.8) is 0 Å². The van der Waals surface area contributed by atoms with E-state index < -0.39 is 31.0 Å². The monoisotopic (exact) mass is 490 g/mol. The van der Waals surface area contributed by atoms with Gasteiger partial charge in [-0.15, -0.1) is 0 Å². The summed E-state index contributed by atoms with van der Waals surface area (Å²) >= 11 is 0. The van der Waals surface area contributed by atoms with Gasteiger partial charge in [-0.2, -0.15) is 0 Å². The van der Waals surface area contributed by atoms with Gasteiger partial charge in [0.15, 0.2) is 0 Å². The summed E-state index contributed by atoms with van der Waals surface area (Å²) in [4.78, 5) is 0. The average molecular weight is 491 g/mol. The molecule has 1 saturated heterocycles. The van der Waals surface area contributed by atoms with Gasteiger partial charge in [-0.1, -0.05) is 97.3 Å². The summed E-state index contributed by atoms with van der Waals surface area (Å²) in [6, 6.07) is 0. The Morgan fingerprint density at radius 1 is 0.765 bits per heavy atom. The van der Waals surface area contributed by atoms with Crippen molar-refractivity contribution in [3.05, 3.63) is 0 Å². The molecule has 0 radical (unpaired) electrons. The van der Waals surface area contributed by atoms with Gasteiger partial charge in [-0.25, -0.2) is 0 Å². The maximum atomic E-state index is 10.3. The van der Waals surface area contributed by atoms with E-state index in [0.717, 1.165) is 18.8 Å². The lowest BCUT2D eigenvalue weighted by Crippen LogP contribution is -2.49. The molecule has 5 atom stereocenters. The molecule has 4 N–H and O–H groups in total. The Kier molecular flexibility index (Phi) is 19.5. The molecule has 1 aliphatic rings. The third-order valence-corrected chi connectivity index (χ3v) is 6.53. The van der Waals surface area contributed by atoms with Crippen LogP contribution in [-0.4, -0.2) is 84.0 Å². The molecule has 34 heavy (non-hydrogen) atoms. The normalized spacial score (nSPS) is 19.3. The molecule has 1 unspecified atom stereocenters. The highest BCUT2D eigenvalue weighted by Crippen LogP contribution is 2.16. The lowest BCUT2D eigenvalue weighted by Gasteiger charge is -2.29. The van der Waals surface area contributed by atoms with Crippen LogP contribution in [0.25, 0.3) is 0 Å². The summed E-state index contributed by atoms with van der Waals surface area (Å²) in [6.07, 6.45) is 13.4. The van der Waals surface area contributed by atoms with E-state index in [2.05, 4.69) is 13.8 Å². The van der Waals surface area contributed by atoms with Crippen LogP contribution in [-0.2, 0) is 14.2 Å². The van der Waals surface area contributed by atoms with Crippen molar-refractivity contribution in [1.29, 1.82) is 0 Å². The van der Waals surface area contributed by atoms with Crippen molar-refractivity contribution in [2.75, 3.05) is 33.0 Å². The van der Waals surface area contributed by atoms with E-state index in [9.17, 15) is 15.3 Å². The van der Waals surface area contributed by atoms with E-state index in [4.69, 9.17) is 19.3 Å². The van der Waals surface area contributed by atoms with E-state index in [1.165, 1.54) is 77.0 Å². The number of rotatable bonds is 25. The molecule has 0 aromatic carbocycles. The zero-order valence-electron chi connectivity index (χ0n) is 21.9. The molecule has 0 amide bonds. The topological polar surface area (TPSA) is 112 Å². The van der Waals surface area contributed by atoms with E-state index in [0.29, 0.717) is 13.2 Å². The molecule has 0 spiro atoms. The molecule has 7 nitrogen and oxygen atoms in total. The van der Waals surface area contributed by atoms with Crippen molar-refractivity contribution in [2.45, 2.75) is 134 Å². The maximum absolute atomic E-state index is 10.3. The number of ether oxygens (including phenoxy) is 3. The Hall–Kier alpha value is -0.280. The fourth-order valence-electron chi connectivity index (χ4n) is 4.15. The third kappa shape index (κ3) is 17.2. The first-order valence-corrected chi connectivity index (χ1v) is 13.9. The summed E-state index contributed by atoms with van der Waals surface area (Å²) in [5.41, 5.74) is 0. The Morgan fingerprint density at radius 2 is 1.26 bits per heavy atom. The third-order valence-electron chi connectivity index (χ3n) is 6.53. The van der Waals surface area contributed by atoms with Crippen LogP contribution >= 0.6 is 0 Å². The number of unbranched alkanes of at least 4 members (excludes halogenated alkanes) is 12. The first-order chi connectivity index (χ1) is 16.5. The number of hydrogen-bond acceptors (Lipinski definition) is 7. The number of aliphatic hydroxyl groups excluding tert-OH is 4. The minimum Gasteiger partial charge on any atom is -0.394 e. The highest BCUT2D eigenvalue weighted by Gasteiger charge is 2.35. The Bertz CT molecular complexity index is 445. The molecule has 0 saturated carbocycles. The molecule has 7 heteroatoms. The molecular weight excluding hydrogens is 436 g/mol. The molecule has 0 aliphatic carbocycles. The predicted molar refractivity (Wildman–Crippen MR) is 135 cm³/mol. The van der Waals surface area contributed by atoms with Gasteiger partial charge in [-0.05, 0) is 12.3 Å². The summed E-state index contributed by atoms with van der Waals surface area (Å²) in [5.74, 6) is 0.847. The first kappa shape index (κ1) is 31.7. The largest absolute Gasteiger partial charge is 0.394 e. The number of epoxide rings is 1. The molecule has 1 fully saturated rings. The summed E-state index contributed by atoms with van der Waals surface area (Å²) in [7, 11) is 0. The maximum Gasteiger partial charge on any atom is 0.114 e. The fraction of sp³-hybridized carbons (Fsp3) is 1.00. The minimum atomic E-state index is -1.39. The van der Waals surface area contributed by atoms with Crippen LogP contribution in [0.4, 0.5) is 0 Å².